The van der Waals surface area contributed by atoms with Crippen LogP contribution in [0.5, 0.6) is 5.75 Å². The van der Waals surface area contributed by atoms with E-state index in [0.717, 1.165) is 17.0 Å². The molecule has 2 heterocycles. The molecule has 0 unspecified atom stereocenters. The molecule has 10 heteroatoms. The van der Waals surface area contributed by atoms with Crippen LogP contribution in [0.2, 0.25) is 0 Å². The van der Waals surface area contributed by atoms with Gasteiger partial charge < -0.3 is 14.0 Å². The number of hydrogen-bond acceptors (Lipinski definition) is 9. The van der Waals surface area contributed by atoms with Crippen molar-refractivity contribution >= 4 is 23.4 Å². The molecule has 3 aromatic rings. The van der Waals surface area contributed by atoms with Gasteiger partial charge in [0.2, 0.25) is 0 Å². The monoisotopic (exact) mass is 429 g/mol. The van der Waals surface area contributed by atoms with Gasteiger partial charge in [0.15, 0.2) is 0 Å². The van der Waals surface area contributed by atoms with Gasteiger partial charge >= 0.3 is 5.97 Å². The fourth-order valence-electron chi connectivity index (χ4n) is 2.72. The van der Waals surface area contributed by atoms with E-state index in [4.69, 9.17) is 14.0 Å². The zero-order valence-electron chi connectivity index (χ0n) is 16.6. The standard InChI is InChI=1S/C20H19N3O6S/c1-12-17(13(2)29-22-12)11-30-19-16(5-4-8-21-19)20(24)28-10-14-9-15(23(25)26)6-7-18(14)27-3/h4-9H,10-11H2,1-3H3. The van der Waals surface area contributed by atoms with Crippen LogP contribution in [0.3, 0.4) is 0 Å². The molecule has 9 nitrogen and oxygen atoms in total. The molecule has 2 aromatic heterocycles. The fraction of sp³-hybridized carbons (Fsp3) is 0.250. The third-order valence-electron chi connectivity index (χ3n) is 4.36. The minimum Gasteiger partial charge on any atom is -0.496 e. The molecule has 0 saturated heterocycles. The summed E-state index contributed by atoms with van der Waals surface area (Å²) in [4.78, 5) is 27.4. The molecule has 0 atom stereocenters. The van der Waals surface area contributed by atoms with Gasteiger partial charge in [-0.1, -0.05) is 5.16 Å². The molecule has 3 rings (SSSR count). The molecule has 0 aliphatic heterocycles. The summed E-state index contributed by atoms with van der Waals surface area (Å²) in [6, 6.07) is 7.38. The summed E-state index contributed by atoms with van der Waals surface area (Å²) in [5.41, 5.74) is 2.33. The normalized spacial score (nSPS) is 10.6. The number of esters is 1. The van der Waals surface area contributed by atoms with Crippen LogP contribution in [-0.2, 0) is 17.1 Å². The molecule has 0 amide bonds. The highest BCUT2D eigenvalue weighted by atomic mass is 32.2. The summed E-state index contributed by atoms with van der Waals surface area (Å²) < 4.78 is 15.8. The molecule has 0 aliphatic carbocycles. The number of nitro groups is 1. The number of nitro benzene ring substituents is 1. The maximum absolute atomic E-state index is 12.7. The van der Waals surface area contributed by atoms with Crippen molar-refractivity contribution in [1.29, 1.82) is 0 Å². The van der Waals surface area contributed by atoms with Crippen molar-refractivity contribution in [1.82, 2.24) is 10.1 Å². The zero-order valence-corrected chi connectivity index (χ0v) is 17.4. The Bertz CT molecular complexity index is 1060. The Morgan fingerprint density at radius 2 is 2.10 bits per heavy atom. The first-order valence-electron chi connectivity index (χ1n) is 8.88. The molecule has 0 spiro atoms. The third-order valence-corrected chi connectivity index (χ3v) is 5.39. The topological polar surface area (TPSA) is 118 Å². The van der Waals surface area contributed by atoms with Gasteiger partial charge in [-0.3, -0.25) is 10.1 Å². The second-order valence-electron chi connectivity index (χ2n) is 6.28. The van der Waals surface area contributed by atoms with Gasteiger partial charge in [0, 0.05) is 35.2 Å². The number of carbonyl (C=O) groups excluding carboxylic acids is 1. The van der Waals surface area contributed by atoms with Crippen LogP contribution in [0.25, 0.3) is 0 Å². The molecule has 0 bridgehead atoms. The number of ether oxygens (including phenoxy) is 2. The lowest BCUT2D eigenvalue weighted by molar-refractivity contribution is -0.385. The quantitative estimate of drug-likeness (QED) is 0.224. The van der Waals surface area contributed by atoms with Crippen LogP contribution in [-0.4, -0.2) is 28.1 Å². The number of nitrogens with zero attached hydrogens (tertiary/aromatic N) is 3. The Morgan fingerprint density at radius 3 is 2.77 bits per heavy atom. The average molecular weight is 429 g/mol. The Kier molecular flexibility index (Phi) is 6.68. The van der Waals surface area contributed by atoms with E-state index in [1.54, 1.807) is 18.3 Å². The van der Waals surface area contributed by atoms with Crippen LogP contribution in [0, 0.1) is 24.0 Å². The molecule has 156 valence electrons. The number of carbonyl (C=O) groups is 1. The molecule has 0 N–H and O–H groups in total. The van der Waals surface area contributed by atoms with Gasteiger partial charge in [-0.15, -0.1) is 11.8 Å². The summed E-state index contributed by atoms with van der Waals surface area (Å²) in [6.45, 7) is 3.51. The summed E-state index contributed by atoms with van der Waals surface area (Å²) in [7, 11) is 1.44. The fourth-order valence-corrected chi connectivity index (χ4v) is 3.86. The highest BCUT2D eigenvalue weighted by molar-refractivity contribution is 7.98. The van der Waals surface area contributed by atoms with Gasteiger partial charge in [0.05, 0.1) is 23.3 Å². The van der Waals surface area contributed by atoms with E-state index in [9.17, 15) is 14.9 Å². The SMILES string of the molecule is COc1ccc([N+](=O)[O-])cc1COC(=O)c1cccnc1SCc1c(C)noc1C. The van der Waals surface area contributed by atoms with Crippen LogP contribution in [0.15, 0.2) is 46.1 Å². The number of aromatic nitrogens is 2. The van der Waals surface area contributed by atoms with Gasteiger partial charge in [-0.2, -0.15) is 0 Å². The smallest absolute Gasteiger partial charge is 0.341 e. The van der Waals surface area contributed by atoms with Crippen LogP contribution >= 0.6 is 11.8 Å². The second kappa shape index (κ2) is 9.40. The summed E-state index contributed by atoms with van der Waals surface area (Å²) in [5.74, 6) is 1.07. The lowest BCUT2D eigenvalue weighted by Gasteiger charge is -2.11. The van der Waals surface area contributed by atoms with Crippen LogP contribution in [0.1, 0.15) is 32.9 Å². The Hall–Kier alpha value is -3.40. The minimum atomic E-state index is -0.585. The lowest BCUT2D eigenvalue weighted by Crippen LogP contribution is -2.08. The van der Waals surface area contributed by atoms with E-state index in [2.05, 4.69) is 10.1 Å². The van der Waals surface area contributed by atoms with Gasteiger partial charge in [-0.05, 0) is 32.0 Å². The van der Waals surface area contributed by atoms with Gasteiger partial charge in [0.25, 0.3) is 5.69 Å². The number of aryl methyl sites for hydroxylation is 2. The highest BCUT2D eigenvalue weighted by Crippen LogP contribution is 2.29. The van der Waals surface area contributed by atoms with Crippen molar-refractivity contribution in [2.45, 2.75) is 31.2 Å². The van der Waals surface area contributed by atoms with Crippen molar-refractivity contribution < 1.29 is 23.7 Å². The number of thioether (sulfide) groups is 1. The maximum Gasteiger partial charge on any atom is 0.341 e. The average Bonchev–Trinajstić information content (AvgIpc) is 3.07. The van der Waals surface area contributed by atoms with Crippen molar-refractivity contribution in [3.8, 4) is 5.75 Å². The Labute approximate surface area is 176 Å². The first-order chi connectivity index (χ1) is 14.4. The molecular weight excluding hydrogens is 410 g/mol. The Morgan fingerprint density at radius 1 is 1.30 bits per heavy atom. The maximum atomic E-state index is 12.7. The summed E-state index contributed by atoms with van der Waals surface area (Å²) in [5, 5.41) is 15.4. The number of non-ortho nitro benzene ring substituents is 1. The number of pyridine rings is 1. The third kappa shape index (κ3) is 4.77. The second-order valence-corrected chi connectivity index (χ2v) is 7.24. The Balaban J connectivity index is 1.74. The largest absolute Gasteiger partial charge is 0.496 e. The molecule has 1 aromatic carbocycles. The van der Waals surface area contributed by atoms with Crippen LogP contribution in [0.4, 0.5) is 5.69 Å². The van der Waals surface area contributed by atoms with Gasteiger partial charge in [-0.25, -0.2) is 9.78 Å². The number of methoxy groups -OCH3 is 1. The molecule has 0 aliphatic rings. The van der Waals surface area contributed by atoms with E-state index in [-0.39, 0.29) is 12.3 Å². The molecule has 30 heavy (non-hydrogen) atoms. The van der Waals surface area contributed by atoms with E-state index in [1.807, 2.05) is 13.8 Å². The van der Waals surface area contributed by atoms with Crippen LogP contribution < -0.4 is 4.74 Å². The minimum absolute atomic E-state index is 0.112. The van der Waals surface area contributed by atoms with Crippen molar-refractivity contribution in [2.24, 2.45) is 0 Å². The molecular formula is C20H19N3O6S. The number of benzene rings is 1. The van der Waals surface area contributed by atoms with Gasteiger partial charge in [0.1, 0.15) is 23.1 Å². The predicted molar refractivity (Wildman–Crippen MR) is 109 cm³/mol. The zero-order chi connectivity index (χ0) is 21.7. The van der Waals surface area contributed by atoms with E-state index >= 15 is 0 Å². The van der Waals surface area contributed by atoms with E-state index < -0.39 is 10.9 Å². The summed E-state index contributed by atoms with van der Waals surface area (Å²) >= 11 is 1.37. The first kappa shape index (κ1) is 21.3. The lowest BCUT2D eigenvalue weighted by atomic mass is 10.2. The first-order valence-corrected chi connectivity index (χ1v) is 9.87. The number of hydrogen-bond donors (Lipinski definition) is 0. The van der Waals surface area contributed by atoms with Crippen molar-refractivity contribution in [3.63, 3.8) is 0 Å². The molecule has 0 radical (unpaired) electrons. The number of rotatable bonds is 8. The summed E-state index contributed by atoms with van der Waals surface area (Å²) in [6.07, 6.45) is 1.59. The van der Waals surface area contributed by atoms with E-state index in [1.165, 1.54) is 37.1 Å². The molecule has 0 fully saturated rings. The predicted octanol–water partition coefficient (Wildman–Crippen LogP) is 4.25. The van der Waals surface area contributed by atoms with E-state index in [0.29, 0.717) is 27.7 Å². The highest BCUT2D eigenvalue weighted by Gasteiger charge is 2.18. The molecule has 0 saturated carbocycles. The van der Waals surface area contributed by atoms with Crippen molar-refractivity contribution in [2.75, 3.05) is 7.11 Å². The van der Waals surface area contributed by atoms with Crippen molar-refractivity contribution in [3.05, 3.63) is 74.8 Å².